The summed E-state index contributed by atoms with van der Waals surface area (Å²) in [5.41, 5.74) is 1.13. The highest BCUT2D eigenvalue weighted by molar-refractivity contribution is 7.85. The maximum Gasteiger partial charge on any atom is 0.294 e. The number of hydrogen-bond donors (Lipinski definition) is 2. The van der Waals surface area contributed by atoms with Crippen LogP contribution in [0.15, 0.2) is 29.2 Å². The third kappa shape index (κ3) is 14.2. The van der Waals surface area contributed by atoms with Crippen molar-refractivity contribution in [2.75, 3.05) is 27.2 Å². The van der Waals surface area contributed by atoms with E-state index in [9.17, 15) is 8.42 Å². The van der Waals surface area contributed by atoms with E-state index in [1.807, 2.05) is 19.0 Å². The van der Waals surface area contributed by atoms with E-state index in [4.69, 9.17) is 9.66 Å². The molecule has 0 saturated heterocycles. The Balaban J connectivity index is 0.000000896. The van der Waals surface area contributed by atoms with Crippen LogP contribution < -0.4 is 0 Å². The zero-order chi connectivity index (χ0) is 19.8. The van der Waals surface area contributed by atoms with Gasteiger partial charge in [0, 0.05) is 6.54 Å². The van der Waals surface area contributed by atoms with Gasteiger partial charge in [0.25, 0.3) is 10.1 Å². The van der Waals surface area contributed by atoms with E-state index in [0.29, 0.717) is 0 Å². The van der Waals surface area contributed by atoms with E-state index in [2.05, 4.69) is 6.92 Å². The van der Waals surface area contributed by atoms with Gasteiger partial charge in [-0.25, -0.2) is 0 Å². The second-order valence-corrected chi connectivity index (χ2v) is 8.29. The van der Waals surface area contributed by atoms with Crippen LogP contribution in [0.25, 0.3) is 0 Å². The highest BCUT2D eigenvalue weighted by atomic mass is 32.2. The average Bonchev–Trinajstić information content (AvgIpc) is 2.57. The summed E-state index contributed by atoms with van der Waals surface area (Å²) in [6.45, 7) is 3.25. The van der Waals surface area contributed by atoms with Gasteiger partial charge in [0.1, 0.15) is 0 Å². The minimum atomic E-state index is -4.06. The lowest BCUT2D eigenvalue weighted by Gasteiger charge is -2.03. The Kier molecular flexibility index (Phi) is 14.6. The molecule has 2 N–H and O–H groups in total. The summed E-state index contributed by atoms with van der Waals surface area (Å²) in [7, 11) is -0.206. The monoisotopic (exact) mass is 387 g/mol. The van der Waals surface area contributed by atoms with Crippen LogP contribution >= 0.6 is 0 Å². The van der Waals surface area contributed by atoms with Crippen LogP contribution in [0.2, 0.25) is 0 Å². The summed E-state index contributed by atoms with van der Waals surface area (Å²) in [4.78, 5) is 1.90. The van der Waals surface area contributed by atoms with Crippen molar-refractivity contribution in [3.05, 3.63) is 29.8 Å². The molecule has 26 heavy (non-hydrogen) atoms. The highest BCUT2D eigenvalue weighted by Gasteiger charge is 2.08. The van der Waals surface area contributed by atoms with E-state index in [0.717, 1.165) is 24.9 Å². The number of aliphatic hydroxyl groups excluding tert-OH is 1. The molecule has 1 aromatic rings. The Labute approximate surface area is 160 Å². The van der Waals surface area contributed by atoms with Crippen LogP contribution in [-0.4, -0.2) is 50.2 Å². The van der Waals surface area contributed by atoms with E-state index < -0.39 is 10.1 Å². The fourth-order valence-corrected chi connectivity index (χ4v) is 2.97. The van der Waals surface area contributed by atoms with Crippen LogP contribution in [0.3, 0.4) is 0 Å². The summed E-state index contributed by atoms with van der Waals surface area (Å²) in [5.74, 6) is 0. The molecular formula is C20H37NO4S. The molecule has 0 aliphatic heterocycles. The van der Waals surface area contributed by atoms with E-state index in [1.54, 1.807) is 12.1 Å². The number of hydrogen-bond acceptors (Lipinski definition) is 4. The maximum absolute atomic E-state index is 10.9. The van der Waals surface area contributed by atoms with Gasteiger partial charge >= 0.3 is 0 Å². The zero-order valence-electron chi connectivity index (χ0n) is 16.7. The minimum Gasteiger partial charge on any atom is -0.395 e. The van der Waals surface area contributed by atoms with Crippen molar-refractivity contribution in [3.63, 3.8) is 0 Å². The second-order valence-electron chi connectivity index (χ2n) is 6.87. The van der Waals surface area contributed by atoms with Crippen molar-refractivity contribution in [2.45, 2.75) is 69.6 Å². The fourth-order valence-electron chi connectivity index (χ4n) is 2.49. The van der Waals surface area contributed by atoms with E-state index in [-0.39, 0.29) is 11.5 Å². The number of unbranched alkanes of at least 4 members (excludes halogenated alkanes) is 7. The van der Waals surface area contributed by atoms with Gasteiger partial charge < -0.3 is 10.0 Å². The summed E-state index contributed by atoms with van der Waals surface area (Å²) in [6, 6.07) is 6.50. The predicted molar refractivity (Wildman–Crippen MR) is 108 cm³/mol. The first kappa shape index (κ1) is 25.1. The van der Waals surface area contributed by atoms with E-state index in [1.165, 1.54) is 57.1 Å². The number of aliphatic hydroxyl groups is 1. The lowest BCUT2D eigenvalue weighted by Crippen LogP contribution is -2.15. The number of nitrogens with zero attached hydrogens (tertiary/aromatic N) is 1. The molecule has 0 saturated carbocycles. The summed E-state index contributed by atoms with van der Waals surface area (Å²) in [6.07, 6.45) is 11.3. The molecule has 0 bridgehead atoms. The SMILES string of the molecule is CCCCCCCCCCc1ccc(S(=O)(=O)O)cc1.CN(C)CCO. The Morgan fingerprint density at radius 1 is 0.885 bits per heavy atom. The molecular weight excluding hydrogens is 350 g/mol. The van der Waals surface area contributed by atoms with Crippen LogP contribution in [0.1, 0.15) is 63.9 Å². The van der Waals surface area contributed by atoms with Crippen molar-refractivity contribution < 1.29 is 18.1 Å². The van der Waals surface area contributed by atoms with E-state index >= 15 is 0 Å². The Hall–Kier alpha value is -0.950. The van der Waals surface area contributed by atoms with Gasteiger partial charge in [-0.3, -0.25) is 4.55 Å². The molecule has 1 rings (SSSR count). The highest BCUT2D eigenvalue weighted by Crippen LogP contribution is 2.14. The molecule has 0 atom stereocenters. The molecule has 0 aliphatic carbocycles. The van der Waals surface area contributed by atoms with Crippen LogP contribution in [0, 0.1) is 0 Å². The number of aryl methyl sites for hydroxylation is 1. The molecule has 0 unspecified atom stereocenters. The van der Waals surface area contributed by atoms with Gasteiger partial charge in [-0.15, -0.1) is 0 Å². The summed E-state index contributed by atoms with van der Waals surface area (Å²) >= 11 is 0. The molecule has 6 heteroatoms. The topological polar surface area (TPSA) is 77.8 Å². The number of likely N-dealkylation sites (N-methyl/N-ethyl adjacent to an activating group) is 1. The first-order valence-electron chi connectivity index (χ1n) is 9.63. The Morgan fingerprint density at radius 2 is 1.38 bits per heavy atom. The first-order chi connectivity index (χ1) is 12.3. The predicted octanol–water partition coefficient (Wildman–Crippen LogP) is 4.16. The van der Waals surface area contributed by atoms with Crippen molar-refractivity contribution in [1.82, 2.24) is 4.90 Å². The van der Waals surface area contributed by atoms with Crippen molar-refractivity contribution in [2.24, 2.45) is 0 Å². The largest absolute Gasteiger partial charge is 0.395 e. The molecule has 0 amide bonds. The molecule has 0 aromatic heterocycles. The summed E-state index contributed by atoms with van der Waals surface area (Å²) in [5, 5.41) is 8.20. The molecule has 1 aromatic carbocycles. The smallest absolute Gasteiger partial charge is 0.294 e. The second kappa shape index (κ2) is 15.1. The first-order valence-corrected chi connectivity index (χ1v) is 11.1. The van der Waals surface area contributed by atoms with Gasteiger partial charge in [-0.1, -0.05) is 64.0 Å². The van der Waals surface area contributed by atoms with Crippen molar-refractivity contribution >= 4 is 10.1 Å². The quantitative estimate of drug-likeness (QED) is 0.416. The molecule has 0 radical (unpaired) electrons. The lowest BCUT2D eigenvalue weighted by atomic mass is 10.0. The fraction of sp³-hybridized carbons (Fsp3) is 0.700. The minimum absolute atomic E-state index is 0.0304. The van der Waals surface area contributed by atoms with Crippen molar-refractivity contribution in [1.29, 1.82) is 0 Å². The summed E-state index contributed by atoms with van der Waals surface area (Å²) < 4.78 is 30.7. The van der Waals surface area contributed by atoms with Gasteiger partial charge in [0.15, 0.2) is 0 Å². The maximum atomic E-state index is 10.9. The third-order valence-corrected chi connectivity index (χ3v) is 4.96. The molecule has 0 heterocycles. The zero-order valence-corrected chi connectivity index (χ0v) is 17.5. The molecule has 0 aliphatic rings. The normalized spacial score (nSPS) is 11.3. The Bertz CT molecular complexity index is 541. The van der Waals surface area contributed by atoms with Gasteiger partial charge in [-0.05, 0) is 44.6 Å². The van der Waals surface area contributed by atoms with Gasteiger partial charge in [-0.2, -0.15) is 8.42 Å². The molecule has 0 spiro atoms. The van der Waals surface area contributed by atoms with Crippen LogP contribution in [0.4, 0.5) is 0 Å². The number of rotatable bonds is 12. The standard InChI is InChI=1S/C16H26O3S.C4H11NO/c1-2-3-4-5-6-7-8-9-10-15-11-13-16(14-12-15)20(17,18)19;1-5(2)3-4-6/h11-14H,2-10H2,1H3,(H,17,18,19);6H,3-4H2,1-2H3. The van der Waals surface area contributed by atoms with Gasteiger partial charge in [0.05, 0.1) is 11.5 Å². The van der Waals surface area contributed by atoms with Crippen molar-refractivity contribution in [3.8, 4) is 0 Å². The lowest BCUT2D eigenvalue weighted by molar-refractivity contribution is 0.243. The average molecular weight is 388 g/mol. The Morgan fingerprint density at radius 3 is 1.77 bits per heavy atom. The van der Waals surface area contributed by atoms with Crippen LogP contribution in [-0.2, 0) is 16.5 Å². The van der Waals surface area contributed by atoms with Gasteiger partial charge in [0.2, 0.25) is 0 Å². The van der Waals surface area contributed by atoms with Crippen LogP contribution in [0.5, 0.6) is 0 Å². The molecule has 152 valence electrons. The molecule has 5 nitrogen and oxygen atoms in total. The number of benzene rings is 1. The molecule has 0 fully saturated rings. The third-order valence-electron chi connectivity index (χ3n) is 4.09.